The van der Waals surface area contributed by atoms with Gasteiger partial charge in [0.05, 0.1) is 29.0 Å². The molecular formula is C17H17ClN4O4S2. The number of nitrogens with one attached hydrogen (secondary N) is 1. The SMILES string of the molecule is CCOC(=O)CSc1nnc(NC(=O)C2CC(=O)N(c3ccccc3Cl)C2)s1. The van der Waals surface area contributed by atoms with E-state index in [0.29, 0.717) is 26.8 Å². The van der Waals surface area contributed by atoms with Crippen molar-refractivity contribution >= 4 is 63.3 Å². The second kappa shape index (κ2) is 9.35. The summed E-state index contributed by atoms with van der Waals surface area (Å²) in [6.45, 7) is 2.31. The Balaban J connectivity index is 1.56. The molecular weight excluding hydrogens is 424 g/mol. The summed E-state index contributed by atoms with van der Waals surface area (Å²) in [6, 6.07) is 7.02. The molecule has 0 saturated carbocycles. The van der Waals surface area contributed by atoms with Crippen molar-refractivity contribution in [2.24, 2.45) is 5.92 Å². The first kappa shape index (κ1) is 20.6. The number of amides is 2. The highest BCUT2D eigenvalue weighted by molar-refractivity contribution is 8.01. The van der Waals surface area contributed by atoms with Crippen LogP contribution in [0.4, 0.5) is 10.8 Å². The first-order valence-corrected chi connectivity index (χ1v) is 10.6. The number of nitrogens with zero attached hydrogens (tertiary/aromatic N) is 3. The fourth-order valence-corrected chi connectivity index (χ4v) is 4.43. The third kappa shape index (κ3) is 5.00. The molecule has 1 aromatic carbocycles. The van der Waals surface area contributed by atoms with Crippen LogP contribution < -0.4 is 10.2 Å². The van der Waals surface area contributed by atoms with Crippen LogP contribution in [0, 0.1) is 5.92 Å². The Labute approximate surface area is 174 Å². The van der Waals surface area contributed by atoms with Crippen molar-refractivity contribution in [3.8, 4) is 0 Å². The summed E-state index contributed by atoms with van der Waals surface area (Å²) in [7, 11) is 0. The molecule has 1 aliphatic rings. The second-order valence-electron chi connectivity index (χ2n) is 5.81. The zero-order chi connectivity index (χ0) is 20.1. The van der Waals surface area contributed by atoms with Crippen molar-refractivity contribution in [2.45, 2.75) is 17.7 Å². The van der Waals surface area contributed by atoms with Gasteiger partial charge in [-0.1, -0.05) is 46.8 Å². The molecule has 0 bridgehead atoms. The fourth-order valence-electron chi connectivity index (χ4n) is 2.64. The van der Waals surface area contributed by atoms with Gasteiger partial charge in [0.2, 0.25) is 16.9 Å². The maximum absolute atomic E-state index is 12.5. The Hall–Kier alpha value is -2.17. The Morgan fingerprint density at radius 3 is 2.93 bits per heavy atom. The molecule has 11 heteroatoms. The van der Waals surface area contributed by atoms with E-state index in [9.17, 15) is 14.4 Å². The lowest BCUT2D eigenvalue weighted by Gasteiger charge is -2.17. The van der Waals surface area contributed by atoms with E-state index in [0.717, 1.165) is 11.3 Å². The number of benzene rings is 1. The summed E-state index contributed by atoms with van der Waals surface area (Å²) in [6.07, 6.45) is 0.0975. The lowest BCUT2D eigenvalue weighted by molar-refractivity contribution is -0.139. The van der Waals surface area contributed by atoms with Gasteiger partial charge < -0.3 is 15.0 Å². The molecule has 0 spiro atoms. The van der Waals surface area contributed by atoms with Gasteiger partial charge in [0.25, 0.3) is 0 Å². The number of carbonyl (C=O) groups excluding carboxylic acids is 3. The van der Waals surface area contributed by atoms with Gasteiger partial charge >= 0.3 is 5.97 Å². The maximum Gasteiger partial charge on any atom is 0.316 e. The van der Waals surface area contributed by atoms with E-state index in [-0.39, 0.29) is 36.5 Å². The van der Waals surface area contributed by atoms with Gasteiger partial charge in [0.1, 0.15) is 0 Å². The molecule has 3 rings (SSSR count). The predicted molar refractivity (Wildman–Crippen MR) is 108 cm³/mol. The van der Waals surface area contributed by atoms with Gasteiger partial charge in [-0.2, -0.15) is 0 Å². The number of hydrogen-bond acceptors (Lipinski definition) is 8. The van der Waals surface area contributed by atoms with Crippen molar-refractivity contribution in [1.82, 2.24) is 10.2 Å². The molecule has 28 heavy (non-hydrogen) atoms. The van der Waals surface area contributed by atoms with Crippen molar-refractivity contribution in [3.05, 3.63) is 29.3 Å². The first-order chi connectivity index (χ1) is 13.5. The van der Waals surface area contributed by atoms with Crippen LogP contribution in [0.15, 0.2) is 28.6 Å². The van der Waals surface area contributed by atoms with E-state index in [4.69, 9.17) is 16.3 Å². The minimum Gasteiger partial charge on any atom is -0.465 e. The van der Waals surface area contributed by atoms with E-state index >= 15 is 0 Å². The van der Waals surface area contributed by atoms with Crippen LogP contribution in [0.2, 0.25) is 5.02 Å². The molecule has 1 aromatic heterocycles. The maximum atomic E-state index is 12.5. The summed E-state index contributed by atoms with van der Waals surface area (Å²) < 4.78 is 5.39. The summed E-state index contributed by atoms with van der Waals surface area (Å²) in [5, 5.41) is 11.3. The van der Waals surface area contributed by atoms with Crippen LogP contribution in [0.5, 0.6) is 0 Å². The molecule has 0 radical (unpaired) electrons. The number of anilines is 2. The molecule has 1 aliphatic heterocycles. The minimum atomic E-state index is -0.511. The Morgan fingerprint density at radius 2 is 2.18 bits per heavy atom. The fraction of sp³-hybridized carbons (Fsp3) is 0.353. The molecule has 1 N–H and O–H groups in total. The molecule has 148 valence electrons. The van der Waals surface area contributed by atoms with Crippen molar-refractivity contribution < 1.29 is 19.1 Å². The van der Waals surface area contributed by atoms with Gasteiger partial charge in [0.15, 0.2) is 4.34 Å². The summed E-state index contributed by atoms with van der Waals surface area (Å²) in [5.41, 5.74) is 0.595. The molecule has 0 aliphatic carbocycles. The molecule has 1 atom stereocenters. The van der Waals surface area contributed by atoms with Crippen LogP contribution in [-0.2, 0) is 19.1 Å². The number of esters is 1. The molecule has 1 fully saturated rings. The lowest BCUT2D eigenvalue weighted by atomic mass is 10.1. The van der Waals surface area contributed by atoms with Crippen LogP contribution in [0.25, 0.3) is 0 Å². The van der Waals surface area contributed by atoms with Crippen LogP contribution in [-0.4, -0.2) is 46.9 Å². The summed E-state index contributed by atoms with van der Waals surface area (Å²) in [4.78, 5) is 37.7. The van der Waals surface area contributed by atoms with E-state index in [1.54, 1.807) is 31.2 Å². The van der Waals surface area contributed by atoms with Crippen molar-refractivity contribution in [2.75, 3.05) is 29.1 Å². The largest absolute Gasteiger partial charge is 0.465 e. The minimum absolute atomic E-state index is 0.0975. The number of para-hydroxylation sites is 1. The zero-order valence-electron chi connectivity index (χ0n) is 14.9. The highest BCUT2D eigenvalue weighted by atomic mass is 35.5. The normalized spacial score (nSPS) is 16.3. The average Bonchev–Trinajstić information content (AvgIpc) is 3.27. The number of ether oxygens (including phenoxy) is 1. The van der Waals surface area contributed by atoms with Crippen LogP contribution in [0.1, 0.15) is 13.3 Å². The number of hydrogen-bond donors (Lipinski definition) is 1. The standard InChI is InChI=1S/C17H17ClN4O4S2/c1-2-26-14(24)9-27-17-21-20-16(28-17)19-15(25)10-7-13(23)22(8-10)12-6-4-3-5-11(12)18/h3-6,10H,2,7-9H2,1H3,(H,19,20,25). The highest BCUT2D eigenvalue weighted by Crippen LogP contribution is 2.32. The topological polar surface area (TPSA) is 101 Å². The quantitative estimate of drug-likeness (QED) is 0.401. The molecule has 2 amide bonds. The molecule has 1 saturated heterocycles. The van der Waals surface area contributed by atoms with E-state index in [1.807, 2.05) is 0 Å². The van der Waals surface area contributed by atoms with Gasteiger partial charge in [0, 0.05) is 13.0 Å². The first-order valence-electron chi connectivity index (χ1n) is 8.45. The van der Waals surface area contributed by atoms with E-state index < -0.39 is 5.92 Å². The lowest BCUT2D eigenvalue weighted by Crippen LogP contribution is -2.28. The molecule has 1 unspecified atom stereocenters. The number of thioether (sulfide) groups is 1. The van der Waals surface area contributed by atoms with Gasteiger partial charge in [-0.25, -0.2) is 0 Å². The number of halogens is 1. The average molecular weight is 441 g/mol. The Kier molecular flexibility index (Phi) is 6.87. The highest BCUT2D eigenvalue weighted by Gasteiger charge is 2.36. The van der Waals surface area contributed by atoms with E-state index in [1.165, 1.54) is 16.7 Å². The molecule has 8 nitrogen and oxygen atoms in total. The molecule has 2 heterocycles. The van der Waals surface area contributed by atoms with Gasteiger partial charge in [-0.05, 0) is 19.1 Å². The third-order valence-electron chi connectivity index (χ3n) is 3.89. The Morgan fingerprint density at radius 1 is 1.39 bits per heavy atom. The monoisotopic (exact) mass is 440 g/mol. The molecule has 2 aromatic rings. The summed E-state index contributed by atoms with van der Waals surface area (Å²) >= 11 is 8.51. The summed E-state index contributed by atoms with van der Waals surface area (Å²) in [5.74, 6) is -1.18. The smallest absolute Gasteiger partial charge is 0.316 e. The Bertz CT molecular complexity index is 892. The van der Waals surface area contributed by atoms with Crippen molar-refractivity contribution in [1.29, 1.82) is 0 Å². The zero-order valence-corrected chi connectivity index (χ0v) is 17.3. The second-order valence-corrected chi connectivity index (χ2v) is 8.42. The number of rotatable bonds is 7. The van der Waals surface area contributed by atoms with Crippen LogP contribution in [0.3, 0.4) is 0 Å². The van der Waals surface area contributed by atoms with Crippen LogP contribution >= 0.6 is 34.7 Å². The third-order valence-corrected chi connectivity index (χ3v) is 6.16. The predicted octanol–water partition coefficient (Wildman–Crippen LogP) is 2.84. The van der Waals surface area contributed by atoms with E-state index in [2.05, 4.69) is 15.5 Å². The van der Waals surface area contributed by atoms with Gasteiger partial charge in [-0.15, -0.1) is 10.2 Å². The number of carbonyl (C=O) groups is 3. The van der Waals surface area contributed by atoms with Gasteiger partial charge in [-0.3, -0.25) is 14.4 Å². The number of aromatic nitrogens is 2. The van der Waals surface area contributed by atoms with Crippen molar-refractivity contribution in [3.63, 3.8) is 0 Å².